The molecule has 1 aliphatic rings. The number of aryl methyl sites for hydroxylation is 1. The highest BCUT2D eigenvalue weighted by Gasteiger charge is 2.30. The lowest BCUT2D eigenvalue weighted by molar-refractivity contribution is -0.117. The minimum Gasteiger partial charge on any atom is -0.351 e. The van der Waals surface area contributed by atoms with Crippen LogP contribution >= 0.6 is 0 Å². The van der Waals surface area contributed by atoms with Gasteiger partial charge in [0.15, 0.2) is 5.82 Å². The van der Waals surface area contributed by atoms with Gasteiger partial charge in [-0.15, -0.1) is 0 Å². The van der Waals surface area contributed by atoms with E-state index in [-0.39, 0.29) is 17.4 Å². The number of carbonyl (C=O) groups is 1. The fourth-order valence-corrected chi connectivity index (χ4v) is 3.25. The maximum Gasteiger partial charge on any atom is 0.250 e. The molecule has 3 N–H and O–H groups in total. The van der Waals surface area contributed by atoms with E-state index in [9.17, 15) is 9.59 Å². The third-order valence-corrected chi connectivity index (χ3v) is 4.94. The lowest BCUT2D eigenvalue weighted by atomic mass is 10.1. The molecule has 7 nitrogen and oxygen atoms in total. The van der Waals surface area contributed by atoms with Crippen LogP contribution in [0.2, 0.25) is 0 Å². The maximum atomic E-state index is 12.2. The maximum absolute atomic E-state index is 12.2. The van der Waals surface area contributed by atoms with Gasteiger partial charge in [0.05, 0.1) is 5.52 Å². The van der Waals surface area contributed by atoms with E-state index in [2.05, 4.69) is 26.7 Å². The van der Waals surface area contributed by atoms with E-state index in [0.29, 0.717) is 18.9 Å². The van der Waals surface area contributed by atoms with Gasteiger partial charge in [-0.2, -0.15) is 0 Å². The molecule has 140 valence electrons. The molecule has 3 aromatic heterocycles. The molecule has 1 amide bonds. The molecule has 1 saturated carbocycles. The number of hydrogen-bond donors (Lipinski definition) is 3. The number of hydrogen-bond acceptors (Lipinski definition) is 4. The van der Waals surface area contributed by atoms with E-state index < -0.39 is 0 Å². The van der Waals surface area contributed by atoms with Gasteiger partial charge in [-0.1, -0.05) is 0 Å². The number of anilines is 1. The summed E-state index contributed by atoms with van der Waals surface area (Å²) in [6.45, 7) is 3.23. The molecule has 7 heteroatoms. The molecule has 0 spiro atoms. The Hall–Kier alpha value is -2.93. The third kappa shape index (κ3) is 3.38. The second-order valence-electron chi connectivity index (χ2n) is 6.94. The summed E-state index contributed by atoms with van der Waals surface area (Å²) < 4.78 is 1.67. The molecule has 0 saturated heterocycles. The van der Waals surface area contributed by atoms with Crippen LogP contribution in [0.4, 0.5) is 5.82 Å². The molecule has 0 bridgehead atoms. The summed E-state index contributed by atoms with van der Waals surface area (Å²) in [5.41, 5.74) is 3.64. The molecular weight excluding hydrogens is 342 g/mol. The standard InChI is InChI=1S/C20H23N5O2/c1-3-25-11-13(6-7-17(25)26)16-8-15-14(9-21-2)10-22-19(18(15)23-16)24-20(27)12-4-5-12/h6-8,10-12,21,23H,3-5,9H2,1-2H3,(H,22,24,27). The fraction of sp³-hybridized carbons (Fsp3) is 0.350. The van der Waals surface area contributed by atoms with Crippen LogP contribution in [0.3, 0.4) is 0 Å². The van der Waals surface area contributed by atoms with Gasteiger partial charge >= 0.3 is 0 Å². The van der Waals surface area contributed by atoms with E-state index in [0.717, 1.165) is 40.6 Å². The van der Waals surface area contributed by atoms with Crippen LogP contribution in [0.15, 0.2) is 35.4 Å². The summed E-state index contributed by atoms with van der Waals surface area (Å²) in [5, 5.41) is 7.12. The normalized spacial score (nSPS) is 13.9. The lowest BCUT2D eigenvalue weighted by Crippen LogP contribution is -2.17. The van der Waals surface area contributed by atoms with Gasteiger partial charge in [0, 0.05) is 54.1 Å². The Balaban J connectivity index is 1.81. The van der Waals surface area contributed by atoms with E-state index in [1.807, 2.05) is 26.2 Å². The zero-order valence-corrected chi connectivity index (χ0v) is 15.5. The Kier molecular flexibility index (Phi) is 4.53. The number of H-pyrrole nitrogens is 1. The molecule has 27 heavy (non-hydrogen) atoms. The van der Waals surface area contributed by atoms with Gasteiger partial charge < -0.3 is 20.2 Å². The fourth-order valence-electron chi connectivity index (χ4n) is 3.25. The number of aromatic amines is 1. The highest BCUT2D eigenvalue weighted by atomic mass is 16.2. The minimum atomic E-state index is -0.0210. The highest BCUT2D eigenvalue weighted by molar-refractivity contribution is 6.02. The Morgan fingerprint density at radius 1 is 1.37 bits per heavy atom. The van der Waals surface area contributed by atoms with E-state index in [1.165, 1.54) is 0 Å². The van der Waals surface area contributed by atoms with Gasteiger partial charge in [-0.25, -0.2) is 4.98 Å². The lowest BCUT2D eigenvalue weighted by Gasteiger charge is -2.08. The summed E-state index contributed by atoms with van der Waals surface area (Å²) in [6, 6.07) is 5.44. The van der Waals surface area contributed by atoms with E-state index in [4.69, 9.17) is 0 Å². The number of carbonyl (C=O) groups excluding carboxylic acids is 1. The van der Waals surface area contributed by atoms with Crippen molar-refractivity contribution in [3.63, 3.8) is 0 Å². The van der Waals surface area contributed by atoms with Crippen molar-refractivity contribution < 1.29 is 4.79 Å². The number of fused-ring (bicyclic) bond motifs is 1. The Labute approximate surface area is 156 Å². The number of aromatic nitrogens is 3. The van der Waals surface area contributed by atoms with Crippen LogP contribution in [0, 0.1) is 5.92 Å². The van der Waals surface area contributed by atoms with Crippen molar-refractivity contribution in [2.75, 3.05) is 12.4 Å². The summed E-state index contributed by atoms with van der Waals surface area (Å²) >= 11 is 0. The molecule has 4 rings (SSSR count). The Morgan fingerprint density at radius 2 is 2.19 bits per heavy atom. The van der Waals surface area contributed by atoms with E-state index in [1.54, 1.807) is 16.8 Å². The van der Waals surface area contributed by atoms with Gasteiger partial charge in [-0.05, 0) is 44.5 Å². The monoisotopic (exact) mass is 365 g/mol. The largest absolute Gasteiger partial charge is 0.351 e. The summed E-state index contributed by atoms with van der Waals surface area (Å²) in [5.74, 6) is 0.694. The van der Waals surface area contributed by atoms with Gasteiger partial charge in [0.2, 0.25) is 5.91 Å². The number of nitrogens with zero attached hydrogens (tertiary/aromatic N) is 2. The first-order valence-electron chi connectivity index (χ1n) is 9.27. The van der Waals surface area contributed by atoms with Crippen LogP contribution in [0.25, 0.3) is 22.2 Å². The van der Waals surface area contributed by atoms with Gasteiger partial charge in [0.1, 0.15) is 0 Å². The molecule has 0 unspecified atom stereocenters. The van der Waals surface area contributed by atoms with Crippen molar-refractivity contribution in [2.24, 2.45) is 5.92 Å². The van der Waals surface area contributed by atoms with Crippen molar-refractivity contribution in [1.29, 1.82) is 0 Å². The minimum absolute atomic E-state index is 0.0210. The number of nitrogens with one attached hydrogen (secondary N) is 3. The zero-order valence-electron chi connectivity index (χ0n) is 15.5. The summed E-state index contributed by atoms with van der Waals surface area (Å²) in [6.07, 6.45) is 5.54. The van der Waals surface area contributed by atoms with Gasteiger partial charge in [-0.3, -0.25) is 9.59 Å². The SMILES string of the molecule is CCn1cc(-c2cc3c(CNC)cnc(NC(=O)C4CC4)c3[nH]2)ccc1=O. The van der Waals surface area contributed by atoms with Crippen molar-refractivity contribution in [1.82, 2.24) is 19.9 Å². The predicted molar refractivity (Wildman–Crippen MR) is 106 cm³/mol. The first-order valence-corrected chi connectivity index (χ1v) is 9.27. The average Bonchev–Trinajstić information content (AvgIpc) is 3.42. The molecule has 1 aliphatic carbocycles. The van der Waals surface area contributed by atoms with Crippen LogP contribution in [0.1, 0.15) is 25.3 Å². The van der Waals surface area contributed by atoms with Crippen LogP contribution < -0.4 is 16.2 Å². The number of rotatable bonds is 6. The Morgan fingerprint density at radius 3 is 2.89 bits per heavy atom. The number of amides is 1. The van der Waals surface area contributed by atoms with Crippen molar-refractivity contribution in [2.45, 2.75) is 32.9 Å². The van der Waals surface area contributed by atoms with E-state index >= 15 is 0 Å². The van der Waals surface area contributed by atoms with Gasteiger partial charge in [0.25, 0.3) is 5.56 Å². The molecule has 0 aliphatic heterocycles. The molecule has 0 aromatic carbocycles. The molecule has 3 aromatic rings. The third-order valence-electron chi connectivity index (χ3n) is 4.94. The molecule has 3 heterocycles. The summed E-state index contributed by atoms with van der Waals surface area (Å²) in [7, 11) is 1.89. The second-order valence-corrected chi connectivity index (χ2v) is 6.94. The number of pyridine rings is 2. The smallest absolute Gasteiger partial charge is 0.250 e. The van der Waals surface area contributed by atoms with Crippen LogP contribution in [-0.2, 0) is 17.9 Å². The van der Waals surface area contributed by atoms with Crippen LogP contribution in [-0.4, -0.2) is 27.5 Å². The quantitative estimate of drug-likeness (QED) is 0.626. The molecule has 0 radical (unpaired) electrons. The van der Waals surface area contributed by atoms with Crippen molar-refractivity contribution in [3.05, 3.63) is 46.5 Å². The first kappa shape index (κ1) is 17.5. The van der Waals surface area contributed by atoms with Crippen molar-refractivity contribution in [3.8, 4) is 11.3 Å². The van der Waals surface area contributed by atoms with Crippen molar-refractivity contribution >= 4 is 22.6 Å². The average molecular weight is 365 g/mol. The second kappa shape index (κ2) is 7.00. The Bertz CT molecular complexity index is 1060. The zero-order chi connectivity index (χ0) is 19.0. The molecular formula is C20H23N5O2. The van der Waals surface area contributed by atoms with Crippen LogP contribution in [0.5, 0.6) is 0 Å². The topological polar surface area (TPSA) is 91.8 Å². The summed E-state index contributed by atoms with van der Waals surface area (Å²) in [4.78, 5) is 32.0. The molecule has 1 fully saturated rings. The molecule has 0 atom stereocenters. The predicted octanol–water partition coefficient (Wildman–Crippen LogP) is 2.48. The first-order chi connectivity index (χ1) is 13.1. The highest BCUT2D eigenvalue weighted by Crippen LogP contribution is 2.33.